The minimum atomic E-state index is 0.597. The first-order valence-electron chi connectivity index (χ1n) is 19.3. The van der Waals surface area contributed by atoms with Crippen LogP contribution < -0.4 is 9.80 Å². The maximum absolute atomic E-state index is 9.82. The first kappa shape index (κ1) is 37.1. The molecule has 0 saturated heterocycles. The second-order valence-corrected chi connectivity index (χ2v) is 14.1. The van der Waals surface area contributed by atoms with Gasteiger partial charge < -0.3 is 9.80 Å². The van der Waals surface area contributed by atoms with Crippen LogP contribution in [0.4, 0.5) is 22.7 Å². The molecule has 0 atom stereocenters. The van der Waals surface area contributed by atoms with Crippen molar-refractivity contribution in [2.45, 2.75) is 6.92 Å². The highest BCUT2D eigenvalue weighted by molar-refractivity contribution is 6.05. The van der Waals surface area contributed by atoms with E-state index in [4.69, 9.17) is 0 Å². The molecule has 276 valence electrons. The van der Waals surface area contributed by atoms with Gasteiger partial charge in [-0.05, 0) is 142 Å². The Kier molecular flexibility index (Phi) is 10.5. The maximum Gasteiger partial charge on any atom is 0.0992 e. The highest BCUT2D eigenvalue weighted by Gasteiger charge is 2.22. The van der Waals surface area contributed by atoms with Gasteiger partial charge in [0.05, 0.1) is 17.3 Å². The molecule has 0 radical (unpaired) electrons. The Morgan fingerprint density at radius 3 is 2.48 bits per heavy atom. The molecule has 5 aromatic carbocycles. The van der Waals surface area contributed by atoms with Gasteiger partial charge >= 0.3 is 0 Å². The number of rotatable bonds is 10. The zero-order valence-corrected chi connectivity index (χ0v) is 32.7. The predicted octanol–water partition coefficient (Wildman–Crippen LogP) is 14.1. The molecule has 0 amide bonds. The average Bonchev–Trinajstić information content (AvgIpc) is 3.80. The molecule has 8 rings (SSSR count). The molecule has 1 aliphatic heterocycles. The summed E-state index contributed by atoms with van der Waals surface area (Å²) in [5.74, 6) is 0. The normalized spacial score (nSPS) is 15.3. The third-order valence-corrected chi connectivity index (χ3v) is 10.6. The van der Waals surface area contributed by atoms with Gasteiger partial charge in [-0.3, -0.25) is 0 Å². The third-order valence-electron chi connectivity index (χ3n) is 10.6. The summed E-state index contributed by atoms with van der Waals surface area (Å²) >= 11 is 0. The standard InChI is InChI=1S/C55H41N3/c1-5-7-18-45-36-53-49(45)25-15-26-50(53)46-29-27-39(3)51-34-40(28-31-55(51)58(38-46)48-24-14-17-41(33-48)37-56)16-13-21-42(6-2)44-30-32-54(52(35-44)43-19-11-12-20-43)57(4)47-22-9-8-10-23-47/h5-6,8-19,21-36,38H,2-3H2,1,4H3/b16-13?,29-27-,42-21+,46-38+. The van der Waals surface area contributed by atoms with E-state index >= 15 is 0 Å². The molecule has 0 unspecified atom stereocenters. The number of benzene rings is 5. The molecule has 3 heteroatoms. The molecular formula is C55H41N3. The van der Waals surface area contributed by atoms with Gasteiger partial charge in [0, 0.05) is 47.0 Å². The van der Waals surface area contributed by atoms with E-state index in [1.807, 2.05) is 67.6 Å². The minimum absolute atomic E-state index is 0.597. The smallest absolute Gasteiger partial charge is 0.0992 e. The summed E-state index contributed by atoms with van der Waals surface area (Å²) in [6, 6.07) is 39.8. The Balaban J connectivity index is 1.14. The maximum atomic E-state index is 9.82. The number of fused-ring (bicyclic) bond motifs is 2. The van der Waals surface area contributed by atoms with Crippen molar-refractivity contribution in [1.82, 2.24) is 0 Å². The summed E-state index contributed by atoms with van der Waals surface area (Å²) in [5, 5.41) is 9.82. The fourth-order valence-electron chi connectivity index (χ4n) is 7.48. The first-order chi connectivity index (χ1) is 28.4. The molecule has 0 bridgehead atoms. The Morgan fingerprint density at radius 2 is 1.69 bits per heavy atom. The molecule has 2 aliphatic carbocycles. The average molecular weight is 744 g/mol. The number of hydrogen-bond donors (Lipinski definition) is 0. The van der Waals surface area contributed by atoms with E-state index < -0.39 is 0 Å². The van der Waals surface area contributed by atoms with Crippen molar-refractivity contribution >= 4 is 62.8 Å². The van der Waals surface area contributed by atoms with E-state index in [-0.39, 0.29) is 0 Å². The second-order valence-electron chi connectivity index (χ2n) is 14.1. The van der Waals surface area contributed by atoms with Gasteiger partial charge in [-0.25, -0.2) is 0 Å². The van der Waals surface area contributed by atoms with E-state index in [1.165, 1.54) is 16.7 Å². The predicted molar refractivity (Wildman–Crippen MR) is 247 cm³/mol. The van der Waals surface area contributed by atoms with Crippen LogP contribution in [0.25, 0.3) is 40.0 Å². The zero-order valence-electron chi connectivity index (χ0n) is 32.7. The molecule has 5 aromatic rings. The van der Waals surface area contributed by atoms with Crippen molar-refractivity contribution in [3.8, 4) is 6.07 Å². The lowest BCUT2D eigenvalue weighted by atomic mass is 9.82. The number of hydrogen-bond acceptors (Lipinski definition) is 3. The first-order valence-corrected chi connectivity index (χ1v) is 19.3. The van der Waals surface area contributed by atoms with Gasteiger partial charge in [0.15, 0.2) is 0 Å². The number of nitriles is 1. The summed E-state index contributed by atoms with van der Waals surface area (Å²) in [4.78, 5) is 4.38. The summed E-state index contributed by atoms with van der Waals surface area (Å²) in [7, 11) is 2.10. The van der Waals surface area contributed by atoms with Crippen LogP contribution in [0.15, 0.2) is 201 Å². The molecule has 0 saturated carbocycles. The monoisotopic (exact) mass is 743 g/mol. The Morgan fingerprint density at radius 1 is 0.845 bits per heavy atom. The summed E-state index contributed by atoms with van der Waals surface area (Å²) in [6.45, 7) is 10.7. The SMILES string of the molecule is C=C/C(=C\C=Cc1ccc2c(c1)C(=C)/C=C\C(c1cccc3c1C=C3C=C=CC)=C/N2c1cccc(C#N)c1)c1ccc(N(C)c2ccccc2)c(C2=C=CC=C2)c1. The largest absolute Gasteiger partial charge is 0.344 e. The topological polar surface area (TPSA) is 30.3 Å². The fourth-order valence-corrected chi connectivity index (χ4v) is 7.48. The van der Waals surface area contributed by atoms with Crippen molar-refractivity contribution in [2.75, 3.05) is 16.8 Å². The van der Waals surface area contributed by atoms with Crippen molar-refractivity contribution in [2.24, 2.45) is 0 Å². The summed E-state index contributed by atoms with van der Waals surface area (Å²) in [5.41, 5.74) is 24.2. The van der Waals surface area contributed by atoms with Crippen LogP contribution in [0, 0.1) is 11.3 Å². The molecule has 1 heterocycles. The van der Waals surface area contributed by atoms with E-state index in [1.54, 1.807) is 0 Å². The molecular weight excluding hydrogens is 703 g/mol. The van der Waals surface area contributed by atoms with Crippen molar-refractivity contribution < 1.29 is 0 Å². The number of anilines is 4. The van der Waals surface area contributed by atoms with Crippen LogP contribution in [0.2, 0.25) is 0 Å². The van der Waals surface area contributed by atoms with Crippen LogP contribution in [-0.2, 0) is 0 Å². The quantitative estimate of drug-likeness (QED) is 0.105. The molecule has 3 nitrogen and oxygen atoms in total. The zero-order chi connectivity index (χ0) is 40.0. The van der Waals surface area contributed by atoms with Crippen LogP contribution in [0.5, 0.6) is 0 Å². The summed E-state index contributed by atoms with van der Waals surface area (Å²) in [6.07, 6.45) is 26.8. The van der Waals surface area contributed by atoms with Crippen molar-refractivity contribution in [1.29, 1.82) is 5.26 Å². The Bertz CT molecular complexity index is 2860. The van der Waals surface area contributed by atoms with Crippen molar-refractivity contribution in [3.63, 3.8) is 0 Å². The Hall–Kier alpha value is -7.85. The minimum Gasteiger partial charge on any atom is -0.344 e. The summed E-state index contributed by atoms with van der Waals surface area (Å²) < 4.78 is 0. The number of nitrogens with zero attached hydrogens (tertiary/aromatic N) is 3. The van der Waals surface area contributed by atoms with Crippen LogP contribution >= 0.6 is 0 Å². The van der Waals surface area contributed by atoms with Gasteiger partial charge in [-0.1, -0.05) is 110 Å². The molecule has 3 aliphatic rings. The van der Waals surface area contributed by atoms with Crippen molar-refractivity contribution in [3.05, 3.63) is 245 Å². The van der Waals surface area contributed by atoms with Crippen LogP contribution in [0.3, 0.4) is 0 Å². The Labute approximate surface area is 341 Å². The van der Waals surface area contributed by atoms with E-state index in [2.05, 4.69) is 175 Å². The molecule has 58 heavy (non-hydrogen) atoms. The lowest BCUT2D eigenvalue weighted by molar-refractivity contribution is 1.20. The highest BCUT2D eigenvalue weighted by atomic mass is 15.1. The molecule has 0 aromatic heterocycles. The van der Waals surface area contributed by atoms with Crippen LogP contribution in [-0.4, -0.2) is 7.05 Å². The van der Waals surface area contributed by atoms with E-state index in [9.17, 15) is 5.26 Å². The van der Waals surface area contributed by atoms with E-state index in [0.29, 0.717) is 5.56 Å². The number of para-hydroxylation sites is 1. The molecule has 0 fully saturated rings. The highest BCUT2D eigenvalue weighted by Crippen LogP contribution is 2.42. The van der Waals surface area contributed by atoms with Gasteiger partial charge in [-0.2, -0.15) is 5.26 Å². The second kappa shape index (κ2) is 16.5. The lowest BCUT2D eigenvalue weighted by Crippen LogP contribution is -2.13. The molecule has 0 spiro atoms. The third kappa shape index (κ3) is 7.42. The van der Waals surface area contributed by atoms with Crippen LogP contribution in [0.1, 0.15) is 51.4 Å². The lowest BCUT2D eigenvalue weighted by Gasteiger charge is -2.28. The van der Waals surface area contributed by atoms with Gasteiger partial charge in [0.25, 0.3) is 0 Å². The van der Waals surface area contributed by atoms with Gasteiger partial charge in [-0.15, -0.1) is 11.5 Å². The number of allylic oxidation sites excluding steroid dienone is 13. The molecule has 0 N–H and O–H groups in total. The van der Waals surface area contributed by atoms with Gasteiger partial charge in [0.2, 0.25) is 0 Å². The fraction of sp³-hybridized carbons (Fsp3) is 0.0364. The van der Waals surface area contributed by atoms with Gasteiger partial charge in [0.1, 0.15) is 0 Å². The van der Waals surface area contributed by atoms with E-state index in [0.717, 1.165) is 72.9 Å².